The van der Waals surface area contributed by atoms with Gasteiger partial charge in [-0.05, 0) is 79.0 Å². The molecule has 0 amide bonds. The molecule has 0 saturated heterocycles. The Bertz CT molecular complexity index is 3670. The number of benzene rings is 10. The van der Waals surface area contributed by atoms with Crippen LogP contribution in [0.5, 0.6) is 0 Å². The lowest BCUT2D eigenvalue weighted by Gasteiger charge is -2.11. The van der Waals surface area contributed by atoms with Crippen molar-refractivity contribution in [2.45, 2.75) is 0 Å². The van der Waals surface area contributed by atoms with Crippen molar-refractivity contribution in [2.24, 2.45) is 0 Å². The first-order valence-corrected chi connectivity index (χ1v) is 21.9. The van der Waals surface area contributed by atoms with Gasteiger partial charge in [0.1, 0.15) is 11.2 Å². The maximum Gasteiger partial charge on any atom is 0.164 e. The number of nitrogens with zero attached hydrogens (tertiary/aromatic N) is 3. The second-order valence-electron chi connectivity index (χ2n) is 16.4. The van der Waals surface area contributed by atoms with Crippen molar-refractivity contribution < 1.29 is 4.42 Å². The Kier molecular flexibility index (Phi) is 9.46. The highest BCUT2D eigenvalue weighted by molar-refractivity contribution is 6.15. The molecule has 0 atom stereocenters. The molecule has 0 fully saturated rings. The number of fused-ring (bicyclic) bond motifs is 4. The third kappa shape index (κ3) is 7.23. The van der Waals surface area contributed by atoms with E-state index in [1.54, 1.807) is 0 Å². The van der Waals surface area contributed by atoms with Gasteiger partial charge in [0, 0.05) is 33.0 Å². The van der Waals surface area contributed by atoms with Crippen LogP contribution in [0.15, 0.2) is 241 Å². The van der Waals surface area contributed by atoms with Crippen molar-refractivity contribution in [3.63, 3.8) is 0 Å². The first-order chi connectivity index (χ1) is 32.2. The molecule has 0 unspecified atom stereocenters. The standard InChI is InChI=1S/C61H39N3O/c1-3-12-40(13-4-1)43-24-26-45(27-25-43)46-30-35-48(36-31-46)59-62-60(52-19-9-18-50(39-52)51-37-32-42-16-7-8-17-49(42)38-51)64-61(63-59)55-22-11-23-56-57(55)54-21-10-20-53(58(54)65-56)47-33-28-44(29-34-47)41-14-5-2-6-15-41/h1-39H. The van der Waals surface area contributed by atoms with E-state index in [4.69, 9.17) is 19.4 Å². The zero-order chi connectivity index (χ0) is 43.1. The molecule has 65 heavy (non-hydrogen) atoms. The molecule has 0 N–H and O–H groups in total. The van der Waals surface area contributed by atoms with E-state index in [-0.39, 0.29) is 0 Å². The van der Waals surface area contributed by atoms with E-state index in [0.29, 0.717) is 17.5 Å². The van der Waals surface area contributed by atoms with Crippen LogP contribution in [0.2, 0.25) is 0 Å². The molecule has 4 nitrogen and oxygen atoms in total. The maximum absolute atomic E-state index is 6.76. The van der Waals surface area contributed by atoms with Crippen molar-refractivity contribution in [1.29, 1.82) is 0 Å². The van der Waals surface area contributed by atoms with Crippen LogP contribution in [-0.2, 0) is 0 Å². The molecule has 304 valence electrons. The van der Waals surface area contributed by atoms with Gasteiger partial charge in [0.25, 0.3) is 0 Å². The van der Waals surface area contributed by atoms with Gasteiger partial charge in [-0.15, -0.1) is 0 Å². The molecule has 0 aliphatic carbocycles. The average Bonchev–Trinajstić information content (AvgIpc) is 3.79. The topological polar surface area (TPSA) is 51.8 Å². The summed E-state index contributed by atoms with van der Waals surface area (Å²) >= 11 is 0. The average molecular weight is 830 g/mol. The highest BCUT2D eigenvalue weighted by Gasteiger charge is 2.20. The summed E-state index contributed by atoms with van der Waals surface area (Å²) in [6, 6.07) is 82.9. The molecule has 2 heterocycles. The van der Waals surface area contributed by atoms with Gasteiger partial charge in [-0.1, -0.05) is 218 Å². The zero-order valence-corrected chi connectivity index (χ0v) is 35.3. The summed E-state index contributed by atoms with van der Waals surface area (Å²) in [5.41, 5.74) is 15.6. The third-order valence-electron chi connectivity index (χ3n) is 12.4. The largest absolute Gasteiger partial charge is 0.455 e. The van der Waals surface area contributed by atoms with Gasteiger partial charge in [0.05, 0.1) is 0 Å². The van der Waals surface area contributed by atoms with Crippen molar-refractivity contribution in [2.75, 3.05) is 0 Å². The SMILES string of the molecule is c1ccc(-c2ccc(-c3ccc(-c4nc(-c5cccc(-c6ccc7ccccc7c6)c5)nc(-c5cccc6oc7c(-c8ccc(-c9ccccc9)cc8)cccc7c56)n4)cc3)cc2)cc1. The van der Waals surface area contributed by atoms with Crippen LogP contribution in [-0.4, -0.2) is 15.0 Å². The highest BCUT2D eigenvalue weighted by Crippen LogP contribution is 2.41. The van der Waals surface area contributed by atoms with Crippen LogP contribution in [0.1, 0.15) is 0 Å². The van der Waals surface area contributed by atoms with Crippen LogP contribution in [0.25, 0.3) is 123 Å². The lowest BCUT2D eigenvalue weighted by Crippen LogP contribution is -2.00. The van der Waals surface area contributed by atoms with Gasteiger partial charge in [-0.25, -0.2) is 15.0 Å². The third-order valence-corrected chi connectivity index (χ3v) is 12.4. The predicted molar refractivity (Wildman–Crippen MR) is 268 cm³/mol. The number of aromatic nitrogens is 3. The Morgan fingerprint density at radius 1 is 0.262 bits per heavy atom. The number of rotatable bonds is 8. The van der Waals surface area contributed by atoms with Crippen LogP contribution >= 0.6 is 0 Å². The number of hydrogen-bond acceptors (Lipinski definition) is 4. The molecule has 4 heteroatoms. The van der Waals surface area contributed by atoms with Crippen molar-refractivity contribution >= 4 is 32.7 Å². The van der Waals surface area contributed by atoms with E-state index in [1.165, 1.54) is 33.0 Å². The first kappa shape index (κ1) is 38.0. The summed E-state index contributed by atoms with van der Waals surface area (Å²) in [5, 5.41) is 4.38. The zero-order valence-electron chi connectivity index (χ0n) is 35.3. The molecular weight excluding hydrogens is 791 g/mol. The summed E-state index contributed by atoms with van der Waals surface area (Å²) in [4.78, 5) is 15.7. The van der Waals surface area contributed by atoms with E-state index < -0.39 is 0 Å². The summed E-state index contributed by atoms with van der Waals surface area (Å²) < 4.78 is 6.76. The molecule has 12 rings (SSSR count). The molecule has 0 saturated carbocycles. The fourth-order valence-corrected chi connectivity index (χ4v) is 8.99. The van der Waals surface area contributed by atoms with E-state index in [0.717, 1.165) is 72.0 Å². The summed E-state index contributed by atoms with van der Waals surface area (Å²) in [6.07, 6.45) is 0. The molecule has 12 aromatic rings. The molecule has 0 spiro atoms. The molecule has 0 aliphatic heterocycles. The Labute approximate surface area is 376 Å². The number of para-hydroxylation sites is 1. The van der Waals surface area contributed by atoms with E-state index in [9.17, 15) is 0 Å². The van der Waals surface area contributed by atoms with Crippen LogP contribution in [0.3, 0.4) is 0 Å². The predicted octanol–water partition coefficient (Wildman–Crippen LogP) is 16.3. The van der Waals surface area contributed by atoms with Gasteiger partial charge in [-0.2, -0.15) is 0 Å². The van der Waals surface area contributed by atoms with Gasteiger partial charge >= 0.3 is 0 Å². The number of hydrogen-bond donors (Lipinski definition) is 0. The molecule has 0 aliphatic rings. The second-order valence-corrected chi connectivity index (χ2v) is 16.4. The van der Waals surface area contributed by atoms with Gasteiger partial charge in [-0.3, -0.25) is 0 Å². The summed E-state index contributed by atoms with van der Waals surface area (Å²) in [5.74, 6) is 1.76. The molecule has 2 aromatic heterocycles. The Balaban J connectivity index is 0.970. The monoisotopic (exact) mass is 829 g/mol. The minimum atomic E-state index is 0.576. The van der Waals surface area contributed by atoms with Gasteiger partial charge < -0.3 is 4.42 Å². The van der Waals surface area contributed by atoms with Crippen LogP contribution in [0.4, 0.5) is 0 Å². The lowest BCUT2D eigenvalue weighted by molar-refractivity contribution is 0.670. The Morgan fingerprint density at radius 3 is 1.37 bits per heavy atom. The van der Waals surface area contributed by atoms with Crippen molar-refractivity contribution in [3.05, 3.63) is 237 Å². The molecule has 0 radical (unpaired) electrons. The fourth-order valence-electron chi connectivity index (χ4n) is 8.99. The van der Waals surface area contributed by atoms with Gasteiger partial charge in [0.15, 0.2) is 17.5 Å². The smallest absolute Gasteiger partial charge is 0.164 e. The number of furan rings is 1. The lowest BCUT2D eigenvalue weighted by atomic mass is 9.98. The molecular formula is C61H39N3O. The molecule has 10 aromatic carbocycles. The van der Waals surface area contributed by atoms with Crippen molar-refractivity contribution in [3.8, 4) is 89.8 Å². The maximum atomic E-state index is 6.76. The second kappa shape index (κ2) is 16.2. The quantitative estimate of drug-likeness (QED) is 0.153. The van der Waals surface area contributed by atoms with Gasteiger partial charge in [0.2, 0.25) is 0 Å². The Morgan fingerprint density at radius 2 is 0.708 bits per heavy atom. The van der Waals surface area contributed by atoms with Crippen LogP contribution in [0, 0.1) is 0 Å². The summed E-state index contributed by atoms with van der Waals surface area (Å²) in [6.45, 7) is 0. The first-order valence-electron chi connectivity index (χ1n) is 21.9. The summed E-state index contributed by atoms with van der Waals surface area (Å²) in [7, 11) is 0. The Hall–Kier alpha value is -8.73. The molecule has 0 bridgehead atoms. The minimum absolute atomic E-state index is 0.576. The van der Waals surface area contributed by atoms with E-state index in [1.807, 2.05) is 24.3 Å². The normalized spacial score (nSPS) is 11.4. The van der Waals surface area contributed by atoms with Crippen LogP contribution < -0.4 is 0 Å². The van der Waals surface area contributed by atoms with E-state index in [2.05, 4.69) is 212 Å². The highest BCUT2D eigenvalue weighted by atomic mass is 16.3. The minimum Gasteiger partial charge on any atom is -0.455 e. The van der Waals surface area contributed by atoms with E-state index >= 15 is 0 Å². The van der Waals surface area contributed by atoms with Crippen molar-refractivity contribution in [1.82, 2.24) is 15.0 Å². The fraction of sp³-hybridized carbons (Fsp3) is 0.